The lowest BCUT2D eigenvalue weighted by atomic mass is 10.1. The lowest BCUT2D eigenvalue weighted by Crippen LogP contribution is -2.01. The molecule has 0 bridgehead atoms. The highest BCUT2D eigenvalue weighted by Crippen LogP contribution is 2.01. The van der Waals surface area contributed by atoms with E-state index < -0.39 is 0 Å². The lowest BCUT2D eigenvalue weighted by Gasteiger charge is -2.04. The summed E-state index contributed by atoms with van der Waals surface area (Å²) in [5.74, 6) is 0.659. The Morgan fingerprint density at radius 1 is 1.56 bits per heavy atom. The van der Waals surface area contributed by atoms with Gasteiger partial charge in [-0.2, -0.15) is 0 Å². The molecule has 1 unspecified atom stereocenters. The van der Waals surface area contributed by atoms with Crippen molar-refractivity contribution in [1.82, 2.24) is 0 Å². The van der Waals surface area contributed by atoms with Crippen molar-refractivity contribution >= 4 is 0 Å². The first-order chi connectivity index (χ1) is 4.31. The molecule has 0 aromatic heterocycles. The minimum atomic E-state index is 0.659. The van der Waals surface area contributed by atoms with Gasteiger partial charge in [-0.15, -0.1) is 0 Å². The molecule has 0 heterocycles. The average Bonchev–Trinajstić information content (AvgIpc) is 1.85. The fraction of sp³-hybridized carbons (Fsp3) is 0.750. The fourth-order valence-corrected chi connectivity index (χ4v) is 0.721. The molecule has 0 N–H and O–H groups in total. The Balaban J connectivity index is 3.15. The van der Waals surface area contributed by atoms with E-state index in [1.807, 2.05) is 6.92 Å². The van der Waals surface area contributed by atoms with Gasteiger partial charge >= 0.3 is 0 Å². The van der Waals surface area contributed by atoms with Crippen molar-refractivity contribution in [2.45, 2.75) is 20.3 Å². The quantitative estimate of drug-likeness (QED) is 0.527. The van der Waals surface area contributed by atoms with E-state index in [2.05, 4.69) is 19.1 Å². The molecular formula is C8H16O. The zero-order chi connectivity index (χ0) is 7.11. The van der Waals surface area contributed by atoms with Crippen LogP contribution in [0, 0.1) is 5.92 Å². The highest BCUT2D eigenvalue weighted by Gasteiger charge is 1.95. The van der Waals surface area contributed by atoms with E-state index in [0.29, 0.717) is 5.92 Å². The molecule has 0 aromatic carbocycles. The van der Waals surface area contributed by atoms with E-state index >= 15 is 0 Å². The lowest BCUT2D eigenvalue weighted by molar-refractivity contribution is 0.161. The molecule has 1 heteroatoms. The fourth-order valence-electron chi connectivity index (χ4n) is 0.721. The second-order valence-corrected chi connectivity index (χ2v) is 2.37. The first-order valence-electron chi connectivity index (χ1n) is 3.41. The summed E-state index contributed by atoms with van der Waals surface area (Å²) >= 11 is 0. The second-order valence-electron chi connectivity index (χ2n) is 2.37. The molecule has 0 aliphatic heterocycles. The van der Waals surface area contributed by atoms with Gasteiger partial charge in [0.2, 0.25) is 0 Å². The smallest absolute Gasteiger partial charge is 0.0490 e. The highest BCUT2D eigenvalue weighted by atomic mass is 16.5. The van der Waals surface area contributed by atoms with Gasteiger partial charge < -0.3 is 4.74 Å². The Hall–Kier alpha value is -0.300. The van der Waals surface area contributed by atoms with Crippen LogP contribution in [-0.4, -0.2) is 13.7 Å². The number of hydrogen-bond acceptors (Lipinski definition) is 1. The van der Waals surface area contributed by atoms with Crippen molar-refractivity contribution in [3.8, 4) is 0 Å². The summed E-state index contributed by atoms with van der Waals surface area (Å²) in [5, 5.41) is 0. The van der Waals surface area contributed by atoms with E-state index in [1.165, 1.54) is 0 Å². The van der Waals surface area contributed by atoms with Gasteiger partial charge in [0.25, 0.3) is 0 Å². The van der Waals surface area contributed by atoms with E-state index in [0.717, 1.165) is 13.0 Å². The van der Waals surface area contributed by atoms with Crippen molar-refractivity contribution in [2.24, 2.45) is 5.92 Å². The topological polar surface area (TPSA) is 9.23 Å². The summed E-state index contributed by atoms with van der Waals surface area (Å²) in [7, 11) is 1.74. The van der Waals surface area contributed by atoms with Crippen LogP contribution in [0.25, 0.3) is 0 Å². The van der Waals surface area contributed by atoms with Crippen LogP contribution in [-0.2, 0) is 4.74 Å². The number of ether oxygens (including phenoxy) is 1. The standard InChI is InChI=1S/C8H16O/c1-4-5-6-8(2)7-9-3/h4-5,8H,6-7H2,1-3H3. The third-order valence-electron chi connectivity index (χ3n) is 1.23. The Morgan fingerprint density at radius 2 is 2.22 bits per heavy atom. The molecule has 0 saturated carbocycles. The van der Waals surface area contributed by atoms with Crippen LogP contribution in [0.1, 0.15) is 20.3 Å². The van der Waals surface area contributed by atoms with Crippen LogP contribution in [0.4, 0.5) is 0 Å². The van der Waals surface area contributed by atoms with Gasteiger partial charge in [0.1, 0.15) is 0 Å². The Kier molecular flexibility index (Phi) is 5.64. The molecule has 0 aliphatic carbocycles. The predicted octanol–water partition coefficient (Wildman–Crippen LogP) is 2.24. The SMILES string of the molecule is CC=CCC(C)COC. The van der Waals surface area contributed by atoms with Gasteiger partial charge in [0.15, 0.2) is 0 Å². The summed E-state index contributed by atoms with van der Waals surface area (Å²) in [6.45, 7) is 5.09. The molecule has 0 aliphatic rings. The summed E-state index contributed by atoms with van der Waals surface area (Å²) in [4.78, 5) is 0. The molecule has 0 amide bonds. The maximum Gasteiger partial charge on any atom is 0.0490 e. The first-order valence-corrected chi connectivity index (χ1v) is 3.41. The number of hydrogen-bond donors (Lipinski definition) is 0. The van der Waals surface area contributed by atoms with Gasteiger partial charge in [0.05, 0.1) is 0 Å². The molecule has 1 nitrogen and oxygen atoms in total. The van der Waals surface area contributed by atoms with Crippen LogP contribution < -0.4 is 0 Å². The van der Waals surface area contributed by atoms with E-state index in [-0.39, 0.29) is 0 Å². The molecule has 0 fully saturated rings. The average molecular weight is 128 g/mol. The number of rotatable bonds is 4. The third kappa shape index (κ3) is 5.57. The molecular weight excluding hydrogens is 112 g/mol. The van der Waals surface area contributed by atoms with Crippen molar-refractivity contribution in [3.05, 3.63) is 12.2 Å². The maximum atomic E-state index is 4.97. The van der Waals surface area contributed by atoms with Crippen molar-refractivity contribution in [3.63, 3.8) is 0 Å². The minimum Gasteiger partial charge on any atom is -0.384 e. The van der Waals surface area contributed by atoms with Gasteiger partial charge in [-0.25, -0.2) is 0 Å². The molecule has 9 heavy (non-hydrogen) atoms. The molecule has 0 spiro atoms. The number of methoxy groups -OCH3 is 1. The minimum absolute atomic E-state index is 0.659. The summed E-state index contributed by atoms with van der Waals surface area (Å²) in [5.41, 5.74) is 0. The molecule has 0 radical (unpaired) electrons. The highest BCUT2D eigenvalue weighted by molar-refractivity contribution is 4.78. The van der Waals surface area contributed by atoms with Gasteiger partial charge in [-0.3, -0.25) is 0 Å². The Bertz CT molecular complexity index is 76.6. The predicted molar refractivity (Wildman–Crippen MR) is 40.5 cm³/mol. The zero-order valence-corrected chi connectivity index (χ0v) is 6.55. The maximum absolute atomic E-state index is 4.97. The molecule has 54 valence electrons. The Morgan fingerprint density at radius 3 is 2.67 bits per heavy atom. The van der Waals surface area contributed by atoms with Crippen molar-refractivity contribution < 1.29 is 4.74 Å². The van der Waals surface area contributed by atoms with Crippen molar-refractivity contribution in [1.29, 1.82) is 0 Å². The van der Waals surface area contributed by atoms with Crippen LogP contribution in [0.15, 0.2) is 12.2 Å². The van der Waals surface area contributed by atoms with Crippen LogP contribution in [0.3, 0.4) is 0 Å². The van der Waals surface area contributed by atoms with Crippen LogP contribution >= 0.6 is 0 Å². The summed E-state index contributed by atoms with van der Waals surface area (Å²) in [6.07, 6.45) is 5.38. The monoisotopic (exact) mass is 128 g/mol. The van der Waals surface area contributed by atoms with Gasteiger partial charge in [-0.05, 0) is 19.3 Å². The van der Waals surface area contributed by atoms with E-state index in [9.17, 15) is 0 Å². The second kappa shape index (κ2) is 5.83. The van der Waals surface area contributed by atoms with E-state index in [1.54, 1.807) is 7.11 Å². The Labute approximate surface area is 57.7 Å². The molecule has 0 rings (SSSR count). The van der Waals surface area contributed by atoms with Crippen LogP contribution in [0.2, 0.25) is 0 Å². The van der Waals surface area contributed by atoms with Gasteiger partial charge in [-0.1, -0.05) is 19.1 Å². The largest absolute Gasteiger partial charge is 0.384 e. The summed E-state index contributed by atoms with van der Waals surface area (Å²) in [6, 6.07) is 0. The molecule has 0 aromatic rings. The molecule has 0 saturated heterocycles. The normalized spacial score (nSPS) is 14.6. The van der Waals surface area contributed by atoms with Crippen LogP contribution in [0.5, 0.6) is 0 Å². The zero-order valence-electron chi connectivity index (χ0n) is 6.55. The third-order valence-corrected chi connectivity index (χ3v) is 1.23. The van der Waals surface area contributed by atoms with E-state index in [4.69, 9.17) is 4.74 Å². The summed E-state index contributed by atoms with van der Waals surface area (Å²) < 4.78 is 4.97. The van der Waals surface area contributed by atoms with Crippen molar-refractivity contribution in [2.75, 3.05) is 13.7 Å². The molecule has 1 atom stereocenters. The van der Waals surface area contributed by atoms with Gasteiger partial charge in [0, 0.05) is 13.7 Å². The number of allylic oxidation sites excluding steroid dienone is 2. The first kappa shape index (κ1) is 8.70.